The number of piperidine rings is 1. The number of halogens is 3. The number of benzene rings is 2. The predicted molar refractivity (Wildman–Crippen MR) is 235 cm³/mol. The molecule has 1 spiro atoms. The number of ether oxygens (including phenoxy) is 4. The van der Waals surface area contributed by atoms with E-state index in [1.165, 1.54) is 6.20 Å². The summed E-state index contributed by atoms with van der Waals surface area (Å²) in [5.41, 5.74) is 1.52. The van der Waals surface area contributed by atoms with Crippen molar-refractivity contribution in [3.8, 4) is 11.1 Å². The van der Waals surface area contributed by atoms with Gasteiger partial charge in [-0.25, -0.2) is 18.2 Å². The number of aromatic nitrogens is 2. The lowest BCUT2D eigenvalue weighted by atomic mass is 9.95. The highest BCUT2D eigenvalue weighted by molar-refractivity contribution is 7.87. The van der Waals surface area contributed by atoms with Gasteiger partial charge in [-0.3, -0.25) is 4.79 Å². The number of fused-ring (bicyclic) bond motifs is 1. The molecule has 3 fully saturated rings. The summed E-state index contributed by atoms with van der Waals surface area (Å²) in [5, 5.41) is 0.342. The smallest absolute Gasteiger partial charge is 0.282 e. The topological polar surface area (TPSA) is 124 Å². The first-order chi connectivity index (χ1) is 28.8. The van der Waals surface area contributed by atoms with Crippen LogP contribution in [-0.4, -0.2) is 109 Å². The lowest BCUT2D eigenvalue weighted by Crippen LogP contribution is -2.45. The zero-order valence-electron chi connectivity index (χ0n) is 35.9. The number of carbonyl (C=O) groups excluding carboxylic acids is 1. The molecule has 12 nitrogen and oxygen atoms in total. The number of pyridine rings is 1. The predicted octanol–water partition coefficient (Wildman–Crippen LogP) is 8.10. The quantitative estimate of drug-likeness (QED) is 0.0485. The largest absolute Gasteiger partial charge is 0.371 e. The molecular weight excluding hydrogens is 844 g/mol. The van der Waals surface area contributed by atoms with Crippen LogP contribution in [0.2, 0.25) is 51.4 Å². The fraction of sp³-hybridized carbons (Fsp3) is 0.535. The maximum absolute atomic E-state index is 16.8. The van der Waals surface area contributed by atoms with Gasteiger partial charge in [0, 0.05) is 96.4 Å². The number of carbonyl (C=O) groups is 1. The first-order valence-corrected chi connectivity index (χ1v) is 29.9. The van der Waals surface area contributed by atoms with Crippen molar-refractivity contribution in [3.63, 3.8) is 0 Å². The highest BCUT2D eigenvalue weighted by Crippen LogP contribution is 2.40. The number of alkyl halides is 1. The molecule has 18 heteroatoms. The van der Waals surface area contributed by atoms with Crippen molar-refractivity contribution >= 4 is 48.9 Å². The van der Waals surface area contributed by atoms with Gasteiger partial charge in [-0.05, 0) is 48.3 Å². The van der Waals surface area contributed by atoms with E-state index in [0.29, 0.717) is 43.0 Å². The van der Waals surface area contributed by atoms with Gasteiger partial charge in [0.2, 0.25) is 5.78 Å². The molecule has 4 aromatic rings. The maximum atomic E-state index is 16.8. The third kappa shape index (κ3) is 10.5. The lowest BCUT2D eigenvalue weighted by Gasteiger charge is -2.38. The van der Waals surface area contributed by atoms with Crippen molar-refractivity contribution in [1.82, 2.24) is 18.6 Å². The summed E-state index contributed by atoms with van der Waals surface area (Å²) >= 11 is 0. The van der Waals surface area contributed by atoms with Gasteiger partial charge in [0.05, 0.1) is 30.4 Å². The van der Waals surface area contributed by atoms with Crippen LogP contribution in [0.1, 0.15) is 46.8 Å². The molecule has 2 unspecified atom stereocenters. The van der Waals surface area contributed by atoms with Crippen LogP contribution in [0, 0.1) is 11.6 Å². The minimum absolute atomic E-state index is 0.0341. The summed E-state index contributed by atoms with van der Waals surface area (Å²) in [6.07, 6.45) is 2.67. The van der Waals surface area contributed by atoms with Gasteiger partial charge in [-0.2, -0.15) is 17.4 Å². The number of ketones is 1. The van der Waals surface area contributed by atoms with E-state index in [1.54, 1.807) is 16.8 Å². The van der Waals surface area contributed by atoms with Gasteiger partial charge in [0.25, 0.3) is 10.2 Å². The van der Waals surface area contributed by atoms with E-state index in [-0.39, 0.29) is 32.0 Å². The molecule has 2 atom stereocenters. The Kier molecular flexibility index (Phi) is 13.7. The molecule has 332 valence electrons. The molecule has 0 aliphatic carbocycles. The van der Waals surface area contributed by atoms with Crippen molar-refractivity contribution in [3.05, 3.63) is 83.2 Å². The molecule has 1 N–H and O–H groups in total. The minimum atomic E-state index is -4.36. The maximum Gasteiger partial charge on any atom is 0.282 e. The number of anilines is 1. The Morgan fingerprint density at radius 2 is 1.57 bits per heavy atom. The molecule has 7 rings (SSSR count). The molecular formula is C43H58F3N5O7SSi2. The molecule has 0 saturated carbocycles. The summed E-state index contributed by atoms with van der Waals surface area (Å²) in [7, 11) is -7.21. The number of hydrogen-bond donors (Lipinski definition) is 1. The lowest BCUT2D eigenvalue weighted by molar-refractivity contribution is -0.169. The SMILES string of the molecule is C[Si](C)(C)CCOCNS(=O)(=O)N1CCC(F)C1c1ccc(F)c(C(=O)c2cn(COCC[Si](C)(C)C)c3ncc(-c4ccc(N5CCC6(CC5)OCCO6)cc4)cc23)c1F. The summed E-state index contributed by atoms with van der Waals surface area (Å²) in [5.74, 6) is -3.97. The standard InChI is InChI=1S/C43H58F3N5O7SSi2/c1-60(2,3)23-21-55-28-48-59(53,54)51-16-13-37(45)40(51)33-11-12-36(44)38(39(33)46)41(52)35-27-50(29-56-22-24-61(4,5)6)42-34(35)25-31(26-47-42)30-7-9-32(10-8-30)49-17-14-43(15-18-49)57-19-20-58-43/h7-12,25-27,37,40,48H,13-24,28-29H2,1-6H3. The van der Waals surface area contributed by atoms with Crippen molar-refractivity contribution < 1.29 is 45.3 Å². The molecule has 3 saturated heterocycles. The molecule has 5 heterocycles. The Hall–Kier alpha value is -3.47. The average Bonchev–Trinajstić information content (AvgIpc) is 3.93. The van der Waals surface area contributed by atoms with Gasteiger partial charge in [-0.1, -0.05) is 57.5 Å². The van der Waals surface area contributed by atoms with Gasteiger partial charge < -0.3 is 28.4 Å². The fourth-order valence-electron chi connectivity index (χ4n) is 8.04. The molecule has 0 amide bonds. The van der Waals surface area contributed by atoms with Crippen LogP contribution in [0.15, 0.2) is 54.9 Å². The molecule has 3 aliphatic rings. The highest BCUT2D eigenvalue weighted by atomic mass is 32.2. The van der Waals surface area contributed by atoms with E-state index in [9.17, 15) is 13.2 Å². The van der Waals surface area contributed by atoms with Crippen LogP contribution < -0.4 is 9.62 Å². The average molecular weight is 902 g/mol. The summed E-state index contributed by atoms with van der Waals surface area (Å²) in [4.78, 5) is 21.5. The normalized spacial score (nSPS) is 20.0. The molecule has 61 heavy (non-hydrogen) atoms. The molecule has 2 aromatic heterocycles. The van der Waals surface area contributed by atoms with Gasteiger partial charge in [0.15, 0.2) is 5.79 Å². The van der Waals surface area contributed by atoms with Crippen LogP contribution in [0.3, 0.4) is 0 Å². The van der Waals surface area contributed by atoms with Gasteiger partial charge >= 0.3 is 0 Å². The number of rotatable bonds is 17. The molecule has 2 aromatic carbocycles. The van der Waals surface area contributed by atoms with Crippen LogP contribution in [0.4, 0.5) is 18.9 Å². The second-order valence-electron chi connectivity index (χ2n) is 18.6. The Bertz CT molecular complexity index is 2310. The zero-order chi connectivity index (χ0) is 43.7. The summed E-state index contributed by atoms with van der Waals surface area (Å²) in [6.45, 7) is 16.3. The van der Waals surface area contributed by atoms with Crippen molar-refractivity contribution in [2.75, 3.05) is 57.7 Å². The van der Waals surface area contributed by atoms with E-state index in [2.05, 4.69) is 48.9 Å². The number of hydrogen-bond acceptors (Lipinski definition) is 9. The minimum Gasteiger partial charge on any atom is -0.371 e. The number of nitrogens with one attached hydrogen (secondary N) is 1. The van der Waals surface area contributed by atoms with Crippen LogP contribution in [-0.2, 0) is 35.9 Å². The second kappa shape index (κ2) is 18.3. The van der Waals surface area contributed by atoms with E-state index in [1.807, 2.05) is 24.3 Å². The Morgan fingerprint density at radius 1 is 0.918 bits per heavy atom. The van der Waals surface area contributed by atoms with Crippen molar-refractivity contribution in [1.29, 1.82) is 0 Å². The van der Waals surface area contributed by atoms with Crippen LogP contribution in [0.25, 0.3) is 22.2 Å². The second-order valence-corrected chi connectivity index (χ2v) is 31.6. The molecule has 0 radical (unpaired) electrons. The van der Waals surface area contributed by atoms with E-state index >= 15 is 13.2 Å². The number of nitrogens with zero attached hydrogens (tertiary/aromatic N) is 4. The summed E-state index contributed by atoms with van der Waals surface area (Å²) in [6, 6.07) is 11.7. The first-order valence-electron chi connectivity index (χ1n) is 21.1. The Morgan fingerprint density at radius 3 is 2.23 bits per heavy atom. The van der Waals surface area contributed by atoms with Crippen molar-refractivity contribution in [2.24, 2.45) is 0 Å². The van der Waals surface area contributed by atoms with Gasteiger partial charge in [0.1, 0.15) is 36.9 Å². The van der Waals surface area contributed by atoms with E-state index in [4.69, 9.17) is 23.9 Å². The third-order valence-electron chi connectivity index (χ3n) is 11.7. The summed E-state index contributed by atoms with van der Waals surface area (Å²) < 4.78 is 103. The third-order valence-corrected chi connectivity index (χ3v) is 16.6. The fourth-order valence-corrected chi connectivity index (χ4v) is 10.8. The van der Waals surface area contributed by atoms with Crippen LogP contribution in [0.5, 0.6) is 0 Å². The van der Waals surface area contributed by atoms with E-state index in [0.717, 1.165) is 65.7 Å². The van der Waals surface area contributed by atoms with Crippen LogP contribution >= 0.6 is 0 Å². The Balaban J connectivity index is 1.17. The van der Waals surface area contributed by atoms with Crippen molar-refractivity contribution in [2.45, 2.75) is 95.4 Å². The monoisotopic (exact) mass is 901 g/mol. The van der Waals surface area contributed by atoms with E-state index < -0.39 is 72.9 Å². The zero-order valence-corrected chi connectivity index (χ0v) is 38.8. The molecule has 3 aliphatic heterocycles. The highest BCUT2D eigenvalue weighted by Gasteiger charge is 2.45. The molecule has 0 bridgehead atoms. The van der Waals surface area contributed by atoms with Gasteiger partial charge in [-0.15, -0.1) is 0 Å². The first kappa shape index (κ1) is 45.6. The Labute approximate surface area is 358 Å².